The maximum atomic E-state index is 12.7. The predicted octanol–water partition coefficient (Wildman–Crippen LogP) is 3.39. The van der Waals surface area contributed by atoms with Crippen molar-refractivity contribution in [1.82, 2.24) is 9.55 Å². The third kappa shape index (κ3) is 3.76. The molecule has 7 heteroatoms. The number of hydrogen-bond donors (Lipinski definition) is 2. The van der Waals surface area contributed by atoms with Crippen LogP contribution in [0.3, 0.4) is 0 Å². The Balaban J connectivity index is 1.87. The standard InChI is InChI=1S/C20H21N3O4/c1-4-23-16-8-6-5-7-15(16)21-20(23)22-19(26)14-9-12(2)18(13(3)10-14)27-11-17(24)25/h5-10H,4,11H2,1-3H3,(H,24,25)(H,21,22,26). The average Bonchev–Trinajstić information content (AvgIpc) is 2.97. The number of benzene rings is 2. The summed E-state index contributed by atoms with van der Waals surface area (Å²) in [5.74, 6) is -0.356. The van der Waals surface area contributed by atoms with Crippen molar-refractivity contribution in [2.45, 2.75) is 27.3 Å². The van der Waals surface area contributed by atoms with Crippen LogP contribution >= 0.6 is 0 Å². The van der Waals surface area contributed by atoms with Gasteiger partial charge in [-0.2, -0.15) is 0 Å². The quantitative estimate of drug-likeness (QED) is 0.696. The van der Waals surface area contributed by atoms with Gasteiger partial charge < -0.3 is 14.4 Å². The first-order valence-corrected chi connectivity index (χ1v) is 8.63. The molecule has 0 spiro atoms. The molecule has 0 aliphatic rings. The normalized spacial score (nSPS) is 10.8. The van der Waals surface area contributed by atoms with E-state index in [0.29, 0.717) is 34.9 Å². The van der Waals surface area contributed by atoms with Gasteiger partial charge in [0.1, 0.15) is 5.75 Å². The number of para-hydroxylation sites is 2. The number of anilines is 1. The van der Waals surface area contributed by atoms with Gasteiger partial charge in [-0.1, -0.05) is 12.1 Å². The largest absolute Gasteiger partial charge is 0.481 e. The van der Waals surface area contributed by atoms with Crippen LogP contribution in [-0.4, -0.2) is 33.1 Å². The fraction of sp³-hybridized carbons (Fsp3) is 0.250. The Hall–Kier alpha value is -3.35. The minimum absolute atomic E-state index is 0.281. The van der Waals surface area contributed by atoms with Gasteiger partial charge in [0.2, 0.25) is 5.95 Å². The van der Waals surface area contributed by atoms with Crippen molar-refractivity contribution in [3.63, 3.8) is 0 Å². The van der Waals surface area contributed by atoms with Crippen LogP contribution in [0.4, 0.5) is 5.95 Å². The van der Waals surface area contributed by atoms with Crippen LogP contribution in [0.15, 0.2) is 36.4 Å². The van der Waals surface area contributed by atoms with Crippen molar-refractivity contribution >= 4 is 28.9 Å². The maximum Gasteiger partial charge on any atom is 0.341 e. The highest BCUT2D eigenvalue weighted by Crippen LogP contribution is 2.26. The lowest BCUT2D eigenvalue weighted by Crippen LogP contribution is -2.17. The zero-order valence-corrected chi connectivity index (χ0v) is 15.4. The van der Waals surface area contributed by atoms with Gasteiger partial charge in [0.15, 0.2) is 6.61 Å². The van der Waals surface area contributed by atoms with Crippen molar-refractivity contribution in [3.05, 3.63) is 53.1 Å². The van der Waals surface area contributed by atoms with Crippen molar-refractivity contribution in [2.75, 3.05) is 11.9 Å². The number of ether oxygens (including phenoxy) is 1. The summed E-state index contributed by atoms with van der Waals surface area (Å²) in [5, 5.41) is 11.6. The third-order valence-corrected chi connectivity index (χ3v) is 4.26. The molecule has 1 aromatic heterocycles. The average molecular weight is 367 g/mol. The van der Waals surface area contributed by atoms with Crippen molar-refractivity contribution in [1.29, 1.82) is 0 Å². The van der Waals surface area contributed by atoms with Crippen LogP contribution in [0.2, 0.25) is 0 Å². The fourth-order valence-corrected chi connectivity index (χ4v) is 3.11. The van der Waals surface area contributed by atoms with E-state index in [1.54, 1.807) is 26.0 Å². The Kier molecular flexibility index (Phi) is 5.12. The van der Waals surface area contributed by atoms with Crippen molar-refractivity contribution < 1.29 is 19.4 Å². The number of rotatable bonds is 6. The third-order valence-electron chi connectivity index (χ3n) is 4.26. The molecule has 3 aromatic rings. The topological polar surface area (TPSA) is 93.5 Å². The Morgan fingerprint density at radius 1 is 1.19 bits per heavy atom. The van der Waals surface area contributed by atoms with Crippen LogP contribution in [0, 0.1) is 13.8 Å². The zero-order valence-electron chi connectivity index (χ0n) is 15.4. The molecule has 1 amide bonds. The van der Waals surface area contributed by atoms with Gasteiger partial charge in [-0.05, 0) is 56.2 Å². The van der Waals surface area contributed by atoms with E-state index in [9.17, 15) is 9.59 Å². The summed E-state index contributed by atoms with van der Waals surface area (Å²) in [6.45, 7) is 5.81. The molecular formula is C20H21N3O4. The number of hydrogen-bond acceptors (Lipinski definition) is 4. The number of fused-ring (bicyclic) bond motifs is 1. The number of imidazole rings is 1. The second kappa shape index (κ2) is 7.49. The summed E-state index contributed by atoms with van der Waals surface area (Å²) in [6, 6.07) is 11.1. The van der Waals surface area contributed by atoms with Gasteiger partial charge in [0, 0.05) is 12.1 Å². The highest BCUT2D eigenvalue weighted by molar-refractivity contribution is 6.04. The van der Waals surface area contributed by atoms with E-state index in [0.717, 1.165) is 11.0 Å². The molecule has 2 N–H and O–H groups in total. The van der Waals surface area contributed by atoms with E-state index >= 15 is 0 Å². The number of carboxylic acid groups (broad SMARTS) is 1. The maximum absolute atomic E-state index is 12.7. The summed E-state index contributed by atoms with van der Waals surface area (Å²) in [7, 11) is 0. The van der Waals surface area contributed by atoms with Crippen molar-refractivity contribution in [2.24, 2.45) is 0 Å². The Morgan fingerprint density at radius 3 is 2.48 bits per heavy atom. The molecule has 0 aliphatic carbocycles. The van der Waals surface area contributed by atoms with Gasteiger partial charge in [-0.15, -0.1) is 0 Å². The number of nitrogens with one attached hydrogen (secondary N) is 1. The second-order valence-corrected chi connectivity index (χ2v) is 6.24. The van der Waals surface area contributed by atoms with E-state index in [-0.39, 0.29) is 5.91 Å². The molecule has 0 aliphatic heterocycles. The molecule has 0 atom stereocenters. The summed E-state index contributed by atoms with van der Waals surface area (Å²) in [5.41, 5.74) is 3.64. The molecule has 0 bridgehead atoms. The second-order valence-electron chi connectivity index (χ2n) is 6.24. The molecule has 0 saturated heterocycles. The van der Waals surface area contributed by atoms with Crippen LogP contribution in [0.1, 0.15) is 28.4 Å². The first-order chi connectivity index (χ1) is 12.9. The van der Waals surface area contributed by atoms with Crippen LogP contribution in [0.25, 0.3) is 11.0 Å². The Labute approximate surface area is 156 Å². The van der Waals surface area contributed by atoms with Gasteiger partial charge in [-0.25, -0.2) is 9.78 Å². The molecule has 2 aromatic carbocycles. The molecule has 3 rings (SSSR count). The van der Waals surface area contributed by atoms with Gasteiger partial charge in [0.05, 0.1) is 11.0 Å². The number of amides is 1. The number of aryl methyl sites for hydroxylation is 3. The Bertz CT molecular complexity index is 1000. The summed E-state index contributed by atoms with van der Waals surface area (Å²) in [6.07, 6.45) is 0. The van der Waals surface area contributed by atoms with E-state index < -0.39 is 12.6 Å². The number of carboxylic acids is 1. The highest BCUT2D eigenvalue weighted by Gasteiger charge is 2.16. The zero-order chi connectivity index (χ0) is 19.6. The SMILES string of the molecule is CCn1c(NC(=O)c2cc(C)c(OCC(=O)O)c(C)c2)nc2ccccc21. The molecular weight excluding hydrogens is 346 g/mol. The van der Waals surface area contributed by atoms with E-state index in [2.05, 4.69) is 10.3 Å². The van der Waals surface area contributed by atoms with Crippen LogP contribution in [0.5, 0.6) is 5.75 Å². The molecule has 7 nitrogen and oxygen atoms in total. The number of nitrogens with zero attached hydrogens (tertiary/aromatic N) is 2. The summed E-state index contributed by atoms with van der Waals surface area (Å²) >= 11 is 0. The molecule has 1 heterocycles. The number of aromatic nitrogens is 2. The minimum atomic E-state index is -1.05. The molecule has 0 radical (unpaired) electrons. The Morgan fingerprint density at radius 2 is 1.85 bits per heavy atom. The van der Waals surface area contributed by atoms with Gasteiger partial charge >= 0.3 is 5.97 Å². The first kappa shape index (κ1) is 18.4. The van der Waals surface area contributed by atoms with Crippen LogP contribution < -0.4 is 10.1 Å². The number of carbonyl (C=O) groups excluding carboxylic acids is 1. The van der Waals surface area contributed by atoms with E-state index in [1.807, 2.05) is 35.8 Å². The number of carbonyl (C=O) groups is 2. The van der Waals surface area contributed by atoms with Crippen LogP contribution in [-0.2, 0) is 11.3 Å². The first-order valence-electron chi connectivity index (χ1n) is 8.63. The molecule has 0 unspecified atom stereocenters. The lowest BCUT2D eigenvalue weighted by molar-refractivity contribution is -0.139. The minimum Gasteiger partial charge on any atom is -0.481 e. The van der Waals surface area contributed by atoms with E-state index in [1.165, 1.54) is 0 Å². The molecule has 27 heavy (non-hydrogen) atoms. The highest BCUT2D eigenvalue weighted by atomic mass is 16.5. The summed E-state index contributed by atoms with van der Waals surface area (Å²) < 4.78 is 7.25. The summed E-state index contributed by atoms with van der Waals surface area (Å²) in [4.78, 5) is 28.0. The van der Waals surface area contributed by atoms with E-state index in [4.69, 9.17) is 9.84 Å². The lowest BCUT2D eigenvalue weighted by atomic mass is 10.1. The molecule has 0 fully saturated rings. The predicted molar refractivity (Wildman–Crippen MR) is 102 cm³/mol. The van der Waals surface area contributed by atoms with Gasteiger partial charge in [-0.3, -0.25) is 10.1 Å². The smallest absolute Gasteiger partial charge is 0.341 e. The molecule has 0 saturated carbocycles. The van der Waals surface area contributed by atoms with Crippen molar-refractivity contribution in [3.8, 4) is 5.75 Å². The molecule has 140 valence electrons. The monoisotopic (exact) mass is 367 g/mol. The number of aliphatic carboxylic acids is 1. The fourth-order valence-electron chi connectivity index (χ4n) is 3.11. The van der Waals surface area contributed by atoms with Gasteiger partial charge in [0.25, 0.3) is 5.91 Å². The lowest BCUT2D eigenvalue weighted by Gasteiger charge is -2.13.